The predicted molar refractivity (Wildman–Crippen MR) is 167 cm³/mol. The van der Waals surface area contributed by atoms with Gasteiger partial charge in [-0.2, -0.15) is 0 Å². The van der Waals surface area contributed by atoms with Crippen molar-refractivity contribution in [3.8, 4) is 0 Å². The van der Waals surface area contributed by atoms with Crippen molar-refractivity contribution < 1.29 is 5.11 Å². The molecule has 0 saturated heterocycles. The van der Waals surface area contributed by atoms with Crippen LogP contribution in [0.4, 0.5) is 22.7 Å². The van der Waals surface area contributed by atoms with Gasteiger partial charge in [0.15, 0.2) is 0 Å². The first-order valence-corrected chi connectivity index (χ1v) is 15.0. The van der Waals surface area contributed by atoms with Crippen LogP contribution in [0.3, 0.4) is 0 Å². The monoisotopic (exact) mass is 520 g/mol. The van der Waals surface area contributed by atoms with E-state index >= 15 is 0 Å². The lowest BCUT2D eigenvalue weighted by molar-refractivity contribution is 0.195. The molecule has 0 spiro atoms. The summed E-state index contributed by atoms with van der Waals surface area (Å²) in [6.45, 7) is 17.5. The first kappa shape index (κ1) is 30.0. The highest BCUT2D eigenvalue weighted by Crippen LogP contribution is 2.33. The van der Waals surface area contributed by atoms with Gasteiger partial charge in [-0.1, -0.05) is 26.2 Å². The highest BCUT2D eigenvalue weighted by molar-refractivity contribution is 5.94. The highest BCUT2D eigenvalue weighted by Gasteiger charge is 2.35. The Morgan fingerprint density at radius 1 is 0.816 bits per heavy atom. The van der Waals surface area contributed by atoms with Crippen molar-refractivity contribution in [2.24, 2.45) is 10.9 Å². The van der Waals surface area contributed by atoms with Crippen LogP contribution in [0.1, 0.15) is 87.0 Å². The van der Waals surface area contributed by atoms with Gasteiger partial charge in [-0.3, -0.25) is 4.99 Å². The van der Waals surface area contributed by atoms with Crippen LogP contribution in [-0.2, 0) is 0 Å². The van der Waals surface area contributed by atoms with Crippen LogP contribution >= 0.6 is 0 Å². The first-order chi connectivity index (χ1) is 18.3. The van der Waals surface area contributed by atoms with E-state index in [1.807, 2.05) is 0 Å². The van der Waals surface area contributed by atoms with Crippen LogP contribution in [0, 0.1) is 5.92 Å². The standard InChI is InChI=1S/C33H52N4O/c1-8-11-12-13-30-31(34-26-14-18-28(19-15-26)36(9-2)24(4)5)22-23-32(38)33(30)35-27-16-20-29(21-17-27)37(10-3)25(6)7/h14-21,24-25,30-32,34,38H,8-13,22-23H2,1-7H3. The maximum absolute atomic E-state index is 11.1. The number of hydrogen-bond acceptors (Lipinski definition) is 5. The summed E-state index contributed by atoms with van der Waals surface area (Å²) < 4.78 is 0. The number of benzene rings is 2. The topological polar surface area (TPSA) is 51.1 Å². The molecule has 2 aromatic carbocycles. The van der Waals surface area contributed by atoms with Gasteiger partial charge < -0.3 is 20.2 Å². The molecule has 210 valence electrons. The summed E-state index contributed by atoms with van der Waals surface area (Å²) in [5.41, 5.74) is 5.50. The van der Waals surface area contributed by atoms with Crippen molar-refractivity contribution in [1.82, 2.24) is 0 Å². The van der Waals surface area contributed by atoms with E-state index in [0.29, 0.717) is 12.1 Å². The number of hydrogen-bond donors (Lipinski definition) is 2. The van der Waals surface area contributed by atoms with Gasteiger partial charge in [0, 0.05) is 54.2 Å². The van der Waals surface area contributed by atoms with Gasteiger partial charge in [0.1, 0.15) is 0 Å². The van der Waals surface area contributed by atoms with Crippen LogP contribution < -0.4 is 15.1 Å². The van der Waals surface area contributed by atoms with Gasteiger partial charge in [0.2, 0.25) is 0 Å². The quantitative estimate of drug-likeness (QED) is 0.262. The Labute approximate surface area is 232 Å². The molecule has 5 heteroatoms. The molecular weight excluding hydrogens is 468 g/mol. The van der Waals surface area contributed by atoms with Crippen molar-refractivity contribution in [1.29, 1.82) is 0 Å². The Morgan fingerprint density at radius 3 is 1.87 bits per heavy atom. The third-order valence-electron chi connectivity index (χ3n) is 8.00. The predicted octanol–water partition coefficient (Wildman–Crippen LogP) is 8.06. The summed E-state index contributed by atoms with van der Waals surface area (Å²) in [4.78, 5) is 9.88. The SMILES string of the molecule is CCCCCC1C(=Nc2ccc(N(CC)C(C)C)cc2)C(O)CCC1Nc1ccc(N(CC)C(C)C)cc1. The second kappa shape index (κ2) is 14.6. The van der Waals surface area contributed by atoms with Crippen molar-refractivity contribution in [2.45, 2.75) is 111 Å². The van der Waals surface area contributed by atoms with Crippen LogP contribution in [-0.4, -0.2) is 48.1 Å². The summed E-state index contributed by atoms with van der Waals surface area (Å²) in [6, 6.07) is 18.6. The second-order valence-corrected chi connectivity index (χ2v) is 11.3. The minimum atomic E-state index is -0.478. The molecule has 38 heavy (non-hydrogen) atoms. The number of aliphatic hydroxyl groups excluding tert-OH is 1. The van der Waals surface area contributed by atoms with Crippen LogP contribution in [0.5, 0.6) is 0 Å². The van der Waals surface area contributed by atoms with E-state index in [4.69, 9.17) is 4.99 Å². The maximum atomic E-state index is 11.1. The summed E-state index contributed by atoms with van der Waals surface area (Å²) in [6.07, 6.45) is 5.81. The Kier molecular flexibility index (Phi) is 11.5. The second-order valence-electron chi connectivity index (χ2n) is 11.3. The Hall–Kier alpha value is -2.53. The fourth-order valence-electron chi connectivity index (χ4n) is 5.96. The average Bonchev–Trinajstić information content (AvgIpc) is 2.89. The van der Waals surface area contributed by atoms with E-state index < -0.39 is 6.10 Å². The largest absolute Gasteiger partial charge is 0.387 e. The third kappa shape index (κ3) is 7.75. The lowest BCUT2D eigenvalue weighted by Crippen LogP contribution is -2.45. The minimum Gasteiger partial charge on any atom is -0.387 e. The summed E-state index contributed by atoms with van der Waals surface area (Å²) in [5.74, 6) is 0.218. The lowest BCUT2D eigenvalue weighted by Gasteiger charge is -2.37. The molecule has 3 atom stereocenters. The van der Waals surface area contributed by atoms with Crippen molar-refractivity contribution >= 4 is 28.5 Å². The molecule has 0 amide bonds. The molecule has 3 unspecified atom stereocenters. The van der Waals surface area contributed by atoms with Gasteiger partial charge in [-0.25, -0.2) is 0 Å². The Morgan fingerprint density at radius 2 is 1.37 bits per heavy atom. The van der Waals surface area contributed by atoms with E-state index in [1.54, 1.807) is 0 Å². The number of unbranched alkanes of at least 4 members (excludes halogenated alkanes) is 2. The molecule has 3 rings (SSSR count). The molecule has 2 N–H and O–H groups in total. The van der Waals surface area contributed by atoms with E-state index in [-0.39, 0.29) is 12.0 Å². The molecule has 0 aliphatic heterocycles. The normalized spacial score (nSPS) is 20.8. The van der Waals surface area contributed by atoms with E-state index in [9.17, 15) is 5.11 Å². The van der Waals surface area contributed by atoms with Gasteiger partial charge in [-0.05, 0) is 109 Å². The van der Waals surface area contributed by atoms with Crippen LogP contribution in [0.2, 0.25) is 0 Å². The molecule has 1 aliphatic carbocycles. The van der Waals surface area contributed by atoms with Gasteiger partial charge in [0.05, 0.1) is 17.5 Å². The zero-order valence-corrected chi connectivity index (χ0v) is 25.0. The number of nitrogens with zero attached hydrogens (tertiary/aromatic N) is 3. The molecule has 0 bridgehead atoms. The molecular formula is C33H52N4O. The van der Waals surface area contributed by atoms with Gasteiger partial charge >= 0.3 is 0 Å². The third-order valence-corrected chi connectivity index (χ3v) is 8.00. The first-order valence-electron chi connectivity index (χ1n) is 15.0. The average molecular weight is 521 g/mol. The van der Waals surface area contributed by atoms with Crippen LogP contribution in [0.15, 0.2) is 53.5 Å². The zero-order valence-electron chi connectivity index (χ0n) is 25.0. The highest BCUT2D eigenvalue weighted by atomic mass is 16.3. The lowest BCUT2D eigenvalue weighted by atomic mass is 9.78. The van der Waals surface area contributed by atoms with E-state index in [0.717, 1.165) is 55.9 Å². The molecule has 1 saturated carbocycles. The summed E-state index contributed by atoms with van der Waals surface area (Å²) in [5, 5.41) is 14.9. The molecule has 1 fully saturated rings. The van der Waals surface area contributed by atoms with Crippen LogP contribution in [0.25, 0.3) is 0 Å². The fourth-order valence-corrected chi connectivity index (χ4v) is 5.96. The molecule has 0 heterocycles. The molecule has 2 aromatic rings. The number of nitrogens with one attached hydrogen (secondary N) is 1. The Balaban J connectivity index is 1.84. The smallest absolute Gasteiger partial charge is 0.0925 e. The fraction of sp³-hybridized carbons (Fsp3) is 0.606. The Bertz CT molecular complexity index is 983. The van der Waals surface area contributed by atoms with Gasteiger partial charge in [0.25, 0.3) is 0 Å². The number of aliphatic hydroxyl groups is 1. The molecule has 5 nitrogen and oxygen atoms in total. The van der Waals surface area contributed by atoms with Gasteiger partial charge in [-0.15, -0.1) is 0 Å². The van der Waals surface area contributed by atoms with Crippen molar-refractivity contribution in [3.05, 3.63) is 48.5 Å². The number of rotatable bonds is 13. The summed E-state index contributed by atoms with van der Waals surface area (Å²) >= 11 is 0. The molecule has 0 aromatic heterocycles. The zero-order chi connectivity index (χ0) is 27.7. The van der Waals surface area contributed by atoms with Crippen molar-refractivity contribution in [2.75, 3.05) is 28.2 Å². The van der Waals surface area contributed by atoms with E-state index in [2.05, 4.69) is 112 Å². The minimum absolute atomic E-state index is 0.218. The molecule has 1 aliphatic rings. The number of anilines is 3. The van der Waals surface area contributed by atoms with Crippen molar-refractivity contribution in [3.63, 3.8) is 0 Å². The molecule has 0 radical (unpaired) electrons. The summed E-state index contributed by atoms with van der Waals surface area (Å²) in [7, 11) is 0. The number of aliphatic imine (C=N–C) groups is 1. The van der Waals surface area contributed by atoms with E-state index in [1.165, 1.54) is 24.2 Å². The maximum Gasteiger partial charge on any atom is 0.0925 e.